The second-order valence-electron chi connectivity index (χ2n) is 6.91. The van der Waals surface area contributed by atoms with Crippen LogP contribution in [0.4, 0.5) is 4.79 Å². The van der Waals surface area contributed by atoms with Crippen molar-refractivity contribution in [2.45, 2.75) is 50.6 Å². The second kappa shape index (κ2) is 9.23. The molecular formula is C19H27N3O4S. The topological polar surface area (TPSA) is 88.7 Å². The highest BCUT2D eigenvalue weighted by molar-refractivity contribution is 7.10. The summed E-state index contributed by atoms with van der Waals surface area (Å²) >= 11 is 1.45. The number of amides is 3. The smallest absolute Gasteiger partial charge is 0.319 e. The third-order valence-corrected chi connectivity index (χ3v) is 5.97. The van der Waals surface area contributed by atoms with Crippen LogP contribution in [-0.4, -0.2) is 38.8 Å². The number of hydrogen-bond donors (Lipinski definition) is 3. The van der Waals surface area contributed by atoms with Gasteiger partial charge in [-0.1, -0.05) is 25.7 Å². The second-order valence-corrected chi connectivity index (χ2v) is 7.85. The van der Waals surface area contributed by atoms with E-state index in [1.807, 2.05) is 11.4 Å². The first-order chi connectivity index (χ1) is 13.1. The molecule has 1 fully saturated rings. The van der Waals surface area contributed by atoms with Crippen LogP contribution in [0.25, 0.3) is 0 Å². The Labute approximate surface area is 163 Å². The van der Waals surface area contributed by atoms with Crippen molar-refractivity contribution >= 4 is 23.3 Å². The van der Waals surface area contributed by atoms with E-state index in [4.69, 9.17) is 9.47 Å². The largest absolute Gasteiger partial charge is 0.496 e. The molecule has 2 heterocycles. The molecule has 3 amide bonds. The molecule has 0 saturated heterocycles. The standard InChI is InChI=1S/C19H27N3O4S/c1-25-10-14-16(18(23)20-12-7-5-3-4-6-8-12)17(22-19(24)21-14)15-9-13(26-2)11-27-15/h9,11-12,17H,3-8,10H2,1-2H3,(H,20,23)(H2,21,22,24). The van der Waals surface area contributed by atoms with Crippen LogP contribution in [0.2, 0.25) is 0 Å². The highest BCUT2D eigenvalue weighted by Gasteiger charge is 2.34. The lowest BCUT2D eigenvalue weighted by Crippen LogP contribution is -2.49. The first kappa shape index (κ1) is 19.7. The minimum Gasteiger partial charge on any atom is -0.496 e. The zero-order chi connectivity index (χ0) is 19.2. The van der Waals surface area contributed by atoms with Crippen LogP contribution in [0.3, 0.4) is 0 Å². The lowest BCUT2D eigenvalue weighted by molar-refractivity contribution is -0.118. The van der Waals surface area contributed by atoms with E-state index in [1.54, 1.807) is 14.2 Å². The molecule has 27 heavy (non-hydrogen) atoms. The average molecular weight is 394 g/mol. The summed E-state index contributed by atoms with van der Waals surface area (Å²) in [5.41, 5.74) is 1.01. The molecule has 8 heteroatoms. The number of nitrogens with one attached hydrogen (secondary N) is 3. The molecule has 2 aliphatic rings. The molecule has 1 saturated carbocycles. The maximum absolute atomic E-state index is 13.2. The van der Waals surface area contributed by atoms with E-state index in [9.17, 15) is 9.59 Å². The number of urea groups is 1. The van der Waals surface area contributed by atoms with Crippen molar-refractivity contribution in [3.05, 3.63) is 27.6 Å². The lowest BCUT2D eigenvalue weighted by atomic mass is 9.99. The highest BCUT2D eigenvalue weighted by Crippen LogP contribution is 2.34. The molecule has 0 bridgehead atoms. The van der Waals surface area contributed by atoms with Crippen LogP contribution in [0.5, 0.6) is 5.75 Å². The normalized spacial score (nSPS) is 21.3. The van der Waals surface area contributed by atoms with E-state index in [2.05, 4.69) is 16.0 Å². The minimum atomic E-state index is -0.524. The molecule has 0 radical (unpaired) electrons. The van der Waals surface area contributed by atoms with E-state index in [1.165, 1.54) is 24.2 Å². The first-order valence-corrected chi connectivity index (χ1v) is 10.2. The quantitative estimate of drug-likeness (QED) is 0.649. The monoisotopic (exact) mass is 393 g/mol. The first-order valence-electron chi connectivity index (χ1n) is 9.35. The summed E-state index contributed by atoms with van der Waals surface area (Å²) in [5.74, 6) is 0.554. The fourth-order valence-corrected chi connectivity index (χ4v) is 4.55. The summed E-state index contributed by atoms with van der Waals surface area (Å²) in [7, 11) is 3.14. The average Bonchev–Trinajstić information content (AvgIpc) is 2.99. The summed E-state index contributed by atoms with van der Waals surface area (Å²) in [4.78, 5) is 26.2. The number of thiophene rings is 1. The van der Waals surface area contributed by atoms with Gasteiger partial charge in [0.1, 0.15) is 5.75 Å². The Hall–Kier alpha value is -2.06. The van der Waals surface area contributed by atoms with Crippen LogP contribution in [-0.2, 0) is 9.53 Å². The van der Waals surface area contributed by atoms with E-state index >= 15 is 0 Å². The van der Waals surface area contributed by atoms with Gasteiger partial charge in [0, 0.05) is 23.4 Å². The van der Waals surface area contributed by atoms with Crippen molar-refractivity contribution in [1.29, 1.82) is 0 Å². The summed E-state index contributed by atoms with van der Waals surface area (Å²) in [6, 6.07) is 1.16. The van der Waals surface area contributed by atoms with Crippen LogP contribution in [0.1, 0.15) is 49.4 Å². The van der Waals surface area contributed by atoms with Gasteiger partial charge < -0.3 is 25.4 Å². The molecule has 7 nitrogen and oxygen atoms in total. The van der Waals surface area contributed by atoms with Gasteiger partial charge >= 0.3 is 6.03 Å². The van der Waals surface area contributed by atoms with Gasteiger partial charge in [0.25, 0.3) is 5.91 Å². The number of rotatable bonds is 6. The Morgan fingerprint density at radius 2 is 2.00 bits per heavy atom. The molecule has 0 aromatic carbocycles. The summed E-state index contributed by atoms with van der Waals surface area (Å²) < 4.78 is 10.5. The Morgan fingerprint density at radius 3 is 2.63 bits per heavy atom. The van der Waals surface area contributed by atoms with Gasteiger partial charge in [-0.15, -0.1) is 11.3 Å². The fraction of sp³-hybridized carbons (Fsp3) is 0.579. The van der Waals surface area contributed by atoms with Crippen LogP contribution in [0.15, 0.2) is 22.7 Å². The third-order valence-electron chi connectivity index (χ3n) is 4.99. The molecule has 148 valence electrons. The summed E-state index contributed by atoms with van der Waals surface area (Å²) in [6.45, 7) is 0.167. The van der Waals surface area contributed by atoms with E-state index in [0.717, 1.165) is 30.6 Å². The minimum absolute atomic E-state index is 0.154. The summed E-state index contributed by atoms with van der Waals surface area (Å²) in [6.07, 6.45) is 6.70. The molecule has 0 spiro atoms. The Morgan fingerprint density at radius 1 is 1.26 bits per heavy atom. The Bertz CT molecular complexity index is 708. The maximum atomic E-state index is 13.2. The lowest BCUT2D eigenvalue weighted by Gasteiger charge is -2.30. The van der Waals surface area contributed by atoms with Crippen molar-refractivity contribution < 1.29 is 19.1 Å². The summed E-state index contributed by atoms with van der Waals surface area (Å²) in [5, 5.41) is 10.6. The molecule has 1 unspecified atom stereocenters. The molecular weight excluding hydrogens is 366 g/mol. The van der Waals surface area contributed by atoms with E-state index in [-0.39, 0.29) is 24.6 Å². The highest BCUT2D eigenvalue weighted by atomic mass is 32.1. The Balaban J connectivity index is 1.89. The van der Waals surface area contributed by atoms with Crippen molar-refractivity contribution in [3.8, 4) is 5.75 Å². The van der Waals surface area contributed by atoms with Gasteiger partial charge in [-0.05, 0) is 18.9 Å². The predicted octanol–water partition coefficient (Wildman–Crippen LogP) is 2.85. The molecule has 1 aliphatic carbocycles. The zero-order valence-electron chi connectivity index (χ0n) is 15.8. The van der Waals surface area contributed by atoms with Crippen molar-refractivity contribution in [2.24, 2.45) is 0 Å². The third kappa shape index (κ3) is 4.81. The molecule has 1 atom stereocenters. The zero-order valence-corrected chi connectivity index (χ0v) is 16.6. The number of carbonyl (C=O) groups is 2. The van der Waals surface area contributed by atoms with Gasteiger partial charge in [-0.2, -0.15) is 0 Å². The van der Waals surface area contributed by atoms with E-state index in [0.29, 0.717) is 17.0 Å². The number of ether oxygens (including phenoxy) is 2. The molecule has 3 N–H and O–H groups in total. The SMILES string of the molecule is COCC1=C(C(=O)NC2CCCCCC2)C(c2cc(OC)cs2)NC(=O)N1. The van der Waals surface area contributed by atoms with Crippen molar-refractivity contribution in [2.75, 3.05) is 20.8 Å². The molecule has 1 aromatic rings. The van der Waals surface area contributed by atoms with Crippen LogP contribution in [0, 0.1) is 0 Å². The van der Waals surface area contributed by atoms with Crippen LogP contribution < -0.4 is 20.7 Å². The molecule has 1 aromatic heterocycles. The van der Waals surface area contributed by atoms with Gasteiger partial charge in [0.2, 0.25) is 0 Å². The molecule has 1 aliphatic heterocycles. The van der Waals surface area contributed by atoms with Gasteiger partial charge in [0.05, 0.1) is 31.0 Å². The van der Waals surface area contributed by atoms with Crippen molar-refractivity contribution in [3.63, 3.8) is 0 Å². The Kier molecular flexibility index (Phi) is 6.73. The van der Waals surface area contributed by atoms with E-state index < -0.39 is 6.04 Å². The van der Waals surface area contributed by atoms with Crippen LogP contribution >= 0.6 is 11.3 Å². The van der Waals surface area contributed by atoms with Gasteiger partial charge in [0.15, 0.2) is 0 Å². The molecule has 3 rings (SSSR count). The fourth-order valence-electron chi connectivity index (χ4n) is 3.64. The number of carbonyl (C=O) groups excluding carboxylic acids is 2. The number of hydrogen-bond acceptors (Lipinski definition) is 5. The van der Waals surface area contributed by atoms with Gasteiger partial charge in [-0.3, -0.25) is 4.79 Å². The van der Waals surface area contributed by atoms with Gasteiger partial charge in [-0.25, -0.2) is 4.79 Å². The predicted molar refractivity (Wildman–Crippen MR) is 104 cm³/mol. The maximum Gasteiger partial charge on any atom is 0.319 e. The number of methoxy groups -OCH3 is 2. The van der Waals surface area contributed by atoms with Crippen molar-refractivity contribution in [1.82, 2.24) is 16.0 Å².